The van der Waals surface area contributed by atoms with Gasteiger partial charge in [0.2, 0.25) is 0 Å². The summed E-state index contributed by atoms with van der Waals surface area (Å²) in [5, 5.41) is 2.51. The molecule has 9 nitrogen and oxygen atoms in total. The van der Waals surface area contributed by atoms with Gasteiger partial charge in [-0.3, -0.25) is 4.79 Å². The minimum Gasteiger partial charge on any atom is -0.454 e. The fourth-order valence-corrected chi connectivity index (χ4v) is 1.69. The lowest BCUT2D eigenvalue weighted by Gasteiger charge is -2.06. The van der Waals surface area contributed by atoms with Crippen molar-refractivity contribution in [2.45, 2.75) is 26.1 Å². The zero-order valence-electron chi connectivity index (χ0n) is 11.6. The number of hydrogen-bond donors (Lipinski definition) is 1. The molecule has 0 saturated carbocycles. The van der Waals surface area contributed by atoms with Gasteiger partial charge in [-0.15, -0.1) is 0 Å². The average Bonchev–Trinajstić information content (AvgIpc) is 3.00. The quantitative estimate of drug-likeness (QED) is 0.573. The van der Waals surface area contributed by atoms with E-state index in [1.54, 1.807) is 0 Å². The van der Waals surface area contributed by atoms with Crippen molar-refractivity contribution in [2.24, 2.45) is 0 Å². The number of ether oxygens (including phenoxy) is 2. The van der Waals surface area contributed by atoms with E-state index in [2.05, 4.69) is 14.2 Å². The summed E-state index contributed by atoms with van der Waals surface area (Å²) in [6.45, 7) is 1.62. The summed E-state index contributed by atoms with van der Waals surface area (Å²) < 4.78 is 18.8. The van der Waals surface area contributed by atoms with Crippen LogP contribution in [0.5, 0.6) is 0 Å². The van der Waals surface area contributed by atoms with Crippen molar-refractivity contribution in [3.05, 3.63) is 34.3 Å². The van der Waals surface area contributed by atoms with E-state index < -0.39 is 23.9 Å². The second-order valence-electron chi connectivity index (χ2n) is 4.38. The molecular formula is C13H13NO8. The van der Waals surface area contributed by atoms with Crippen LogP contribution in [0.2, 0.25) is 0 Å². The molecule has 0 radical (unpaired) electrons. The van der Waals surface area contributed by atoms with E-state index in [9.17, 15) is 19.2 Å². The molecule has 1 aromatic heterocycles. The molecule has 1 aliphatic rings. The third kappa shape index (κ3) is 4.08. The monoisotopic (exact) mass is 311 g/mol. The van der Waals surface area contributed by atoms with Gasteiger partial charge in [-0.25, -0.2) is 14.4 Å². The Hall–Kier alpha value is -2.84. The van der Waals surface area contributed by atoms with E-state index in [1.165, 1.54) is 6.92 Å². The minimum atomic E-state index is -0.891. The Morgan fingerprint density at radius 2 is 2.00 bits per heavy atom. The summed E-state index contributed by atoms with van der Waals surface area (Å²) >= 11 is 0. The van der Waals surface area contributed by atoms with Gasteiger partial charge in [-0.05, 0) is 6.92 Å². The first-order chi connectivity index (χ1) is 10.5. The standard InChI is InChI=1S/C13H13NO8/c1-7-9(22-13(18)20-7)6-19-10(15)2-3-11(16)21-8-4-5-14-12(8)17/h2-3,8H,4-6H2,1H3,(H,14,17)/b3-2+. The molecule has 0 bridgehead atoms. The van der Waals surface area contributed by atoms with E-state index in [1.807, 2.05) is 0 Å². The minimum absolute atomic E-state index is 0.0805. The number of aryl methyl sites for hydroxylation is 1. The van der Waals surface area contributed by atoms with E-state index in [0.717, 1.165) is 12.2 Å². The van der Waals surface area contributed by atoms with Crippen molar-refractivity contribution in [3.8, 4) is 0 Å². The fourth-order valence-electron chi connectivity index (χ4n) is 1.69. The van der Waals surface area contributed by atoms with Gasteiger partial charge in [0.1, 0.15) is 0 Å². The van der Waals surface area contributed by atoms with Crippen LogP contribution in [0.3, 0.4) is 0 Å². The fraction of sp³-hybridized carbons (Fsp3) is 0.385. The van der Waals surface area contributed by atoms with E-state index >= 15 is 0 Å². The van der Waals surface area contributed by atoms with Crippen LogP contribution in [0.15, 0.2) is 25.8 Å². The van der Waals surface area contributed by atoms with Crippen LogP contribution >= 0.6 is 0 Å². The molecule has 9 heteroatoms. The Kier molecular flexibility index (Phi) is 4.77. The van der Waals surface area contributed by atoms with Gasteiger partial charge < -0.3 is 23.6 Å². The highest BCUT2D eigenvalue weighted by molar-refractivity contribution is 5.93. The lowest BCUT2D eigenvalue weighted by atomic mass is 10.3. The van der Waals surface area contributed by atoms with E-state index in [4.69, 9.17) is 9.47 Å². The number of rotatable bonds is 5. The lowest BCUT2D eigenvalue weighted by Crippen LogP contribution is -2.27. The largest absolute Gasteiger partial charge is 0.519 e. The number of nitrogens with one attached hydrogen (secondary N) is 1. The van der Waals surface area contributed by atoms with Gasteiger partial charge in [0, 0.05) is 25.1 Å². The van der Waals surface area contributed by atoms with Gasteiger partial charge in [-0.2, -0.15) is 0 Å². The van der Waals surface area contributed by atoms with Crippen LogP contribution in [0, 0.1) is 6.92 Å². The highest BCUT2D eigenvalue weighted by Crippen LogP contribution is 2.07. The first kappa shape index (κ1) is 15.5. The molecule has 118 valence electrons. The molecule has 1 amide bonds. The number of esters is 2. The maximum absolute atomic E-state index is 11.4. The number of amides is 1. The first-order valence-electron chi connectivity index (χ1n) is 6.38. The second kappa shape index (κ2) is 6.74. The van der Waals surface area contributed by atoms with Gasteiger partial charge in [0.15, 0.2) is 24.2 Å². The van der Waals surface area contributed by atoms with Crippen LogP contribution in [0.1, 0.15) is 17.9 Å². The van der Waals surface area contributed by atoms with E-state index in [0.29, 0.717) is 13.0 Å². The number of hydrogen-bond acceptors (Lipinski definition) is 8. The maximum Gasteiger partial charge on any atom is 0.519 e. The topological polar surface area (TPSA) is 125 Å². The predicted octanol–water partition coefficient (Wildman–Crippen LogP) is -0.428. The van der Waals surface area contributed by atoms with Crippen LogP contribution < -0.4 is 11.1 Å². The zero-order chi connectivity index (χ0) is 16.1. The maximum atomic E-state index is 11.4. The van der Waals surface area contributed by atoms with Crippen molar-refractivity contribution >= 4 is 17.8 Å². The number of carbonyl (C=O) groups is 3. The summed E-state index contributed by atoms with van der Waals surface area (Å²) in [4.78, 5) is 44.8. The van der Waals surface area contributed by atoms with Crippen LogP contribution in [-0.2, 0) is 30.5 Å². The predicted molar refractivity (Wildman–Crippen MR) is 68.4 cm³/mol. The van der Waals surface area contributed by atoms with Gasteiger partial charge in [0.05, 0.1) is 0 Å². The van der Waals surface area contributed by atoms with Crippen LogP contribution in [-0.4, -0.2) is 30.5 Å². The third-order valence-electron chi connectivity index (χ3n) is 2.79. The van der Waals surface area contributed by atoms with E-state index in [-0.39, 0.29) is 24.0 Å². The Bertz CT molecular complexity index is 668. The molecule has 0 spiro atoms. The Morgan fingerprint density at radius 1 is 1.27 bits per heavy atom. The van der Waals surface area contributed by atoms with Crippen molar-refractivity contribution < 1.29 is 32.7 Å². The molecule has 1 aliphatic heterocycles. The Morgan fingerprint density at radius 3 is 2.59 bits per heavy atom. The summed E-state index contributed by atoms with van der Waals surface area (Å²) in [5.74, 6) is -2.64. The lowest BCUT2D eigenvalue weighted by molar-refractivity contribution is -0.149. The van der Waals surface area contributed by atoms with Gasteiger partial charge >= 0.3 is 17.8 Å². The molecule has 22 heavy (non-hydrogen) atoms. The highest BCUT2D eigenvalue weighted by atomic mass is 16.6. The second-order valence-corrected chi connectivity index (χ2v) is 4.38. The SMILES string of the molecule is Cc1oc(=O)oc1COC(=O)/C=C/C(=O)OC1CCNC1=O. The summed E-state index contributed by atoms with van der Waals surface area (Å²) in [5.41, 5.74) is 0. The first-order valence-corrected chi connectivity index (χ1v) is 6.38. The molecule has 2 rings (SSSR count). The number of carbonyl (C=O) groups excluding carboxylic acids is 3. The molecule has 2 heterocycles. The smallest absolute Gasteiger partial charge is 0.454 e. The average molecular weight is 311 g/mol. The van der Waals surface area contributed by atoms with Crippen LogP contribution in [0.4, 0.5) is 0 Å². The zero-order valence-corrected chi connectivity index (χ0v) is 11.6. The van der Waals surface area contributed by atoms with Crippen molar-refractivity contribution in [3.63, 3.8) is 0 Å². The molecule has 1 unspecified atom stereocenters. The summed E-state index contributed by atoms with van der Waals surface area (Å²) in [6, 6.07) is 0. The molecule has 1 atom stereocenters. The molecule has 0 aliphatic carbocycles. The van der Waals surface area contributed by atoms with Crippen LogP contribution in [0.25, 0.3) is 0 Å². The summed E-state index contributed by atoms with van der Waals surface area (Å²) in [6.07, 6.45) is 1.26. The summed E-state index contributed by atoms with van der Waals surface area (Å²) in [7, 11) is 0. The van der Waals surface area contributed by atoms with Crippen molar-refractivity contribution in [1.29, 1.82) is 0 Å². The third-order valence-corrected chi connectivity index (χ3v) is 2.79. The Labute approximate surface area is 123 Å². The normalized spacial score (nSPS) is 17.5. The molecule has 1 saturated heterocycles. The molecule has 0 aromatic carbocycles. The highest BCUT2D eigenvalue weighted by Gasteiger charge is 2.27. The Balaban J connectivity index is 1.78. The molecule has 1 aromatic rings. The molecule has 1 fully saturated rings. The van der Waals surface area contributed by atoms with Gasteiger partial charge in [-0.1, -0.05) is 0 Å². The van der Waals surface area contributed by atoms with Crippen molar-refractivity contribution in [2.75, 3.05) is 6.54 Å². The molecular weight excluding hydrogens is 298 g/mol. The van der Waals surface area contributed by atoms with Gasteiger partial charge in [0.25, 0.3) is 5.91 Å². The van der Waals surface area contributed by atoms with Crippen molar-refractivity contribution in [1.82, 2.24) is 5.32 Å². The molecule has 1 N–H and O–H groups in total.